The lowest BCUT2D eigenvalue weighted by molar-refractivity contribution is 0.552. The van der Waals surface area contributed by atoms with Gasteiger partial charge in [0.25, 0.3) is 0 Å². The van der Waals surface area contributed by atoms with E-state index in [0.717, 1.165) is 31.2 Å². The molecule has 0 saturated carbocycles. The molecule has 1 saturated heterocycles. The summed E-state index contributed by atoms with van der Waals surface area (Å²) < 4.78 is 0. The first-order valence-corrected chi connectivity index (χ1v) is 8.28. The quantitative estimate of drug-likeness (QED) is 0.862. The smallest absolute Gasteiger partial charge is 0.0642 e. The maximum Gasteiger partial charge on any atom is 0.0642 e. The van der Waals surface area contributed by atoms with Crippen LogP contribution in [0.5, 0.6) is 0 Å². The Kier molecular flexibility index (Phi) is 6.18. The highest BCUT2D eigenvalue weighted by Crippen LogP contribution is 2.28. The van der Waals surface area contributed by atoms with E-state index < -0.39 is 0 Å². The van der Waals surface area contributed by atoms with Crippen molar-refractivity contribution < 1.29 is 0 Å². The molecular formula is C17H27ClN2. The zero-order valence-electron chi connectivity index (χ0n) is 12.8. The molecule has 0 bridgehead atoms. The number of anilines is 1. The molecular weight excluding hydrogens is 268 g/mol. The molecule has 1 fully saturated rings. The summed E-state index contributed by atoms with van der Waals surface area (Å²) >= 11 is 6.49. The Hall–Kier alpha value is -0.730. The van der Waals surface area contributed by atoms with Gasteiger partial charge in [-0.05, 0) is 43.0 Å². The summed E-state index contributed by atoms with van der Waals surface area (Å²) in [7, 11) is 0. The molecule has 1 aromatic carbocycles. The van der Waals surface area contributed by atoms with E-state index in [2.05, 4.69) is 42.3 Å². The van der Waals surface area contributed by atoms with Gasteiger partial charge in [0.15, 0.2) is 0 Å². The van der Waals surface area contributed by atoms with Crippen LogP contribution in [0.3, 0.4) is 0 Å². The lowest BCUT2D eigenvalue weighted by atomic mass is 10.1. The Morgan fingerprint density at radius 2 is 1.85 bits per heavy atom. The van der Waals surface area contributed by atoms with Crippen molar-refractivity contribution in [3.63, 3.8) is 0 Å². The van der Waals surface area contributed by atoms with Gasteiger partial charge < -0.3 is 10.2 Å². The van der Waals surface area contributed by atoms with Gasteiger partial charge in [0.1, 0.15) is 0 Å². The van der Waals surface area contributed by atoms with Gasteiger partial charge in [0.2, 0.25) is 0 Å². The largest absolute Gasteiger partial charge is 0.370 e. The molecule has 0 amide bonds. The number of rotatable bonds is 5. The number of hydrogen-bond donors (Lipinski definition) is 1. The number of benzene rings is 1. The SMILES string of the molecule is CC(C)CNCc1ccc(N2CCCCCC2)c(Cl)c1. The highest BCUT2D eigenvalue weighted by molar-refractivity contribution is 6.33. The number of nitrogens with zero attached hydrogens (tertiary/aromatic N) is 1. The molecule has 0 radical (unpaired) electrons. The van der Waals surface area contributed by atoms with Gasteiger partial charge in [0.05, 0.1) is 10.7 Å². The third-order valence-corrected chi connectivity index (χ3v) is 4.14. The molecule has 1 aliphatic heterocycles. The van der Waals surface area contributed by atoms with Crippen LogP contribution in [-0.2, 0) is 6.54 Å². The molecule has 1 aliphatic rings. The van der Waals surface area contributed by atoms with E-state index in [4.69, 9.17) is 11.6 Å². The van der Waals surface area contributed by atoms with Crippen molar-refractivity contribution in [1.82, 2.24) is 5.32 Å². The van der Waals surface area contributed by atoms with Crippen LogP contribution in [0.2, 0.25) is 5.02 Å². The molecule has 0 aromatic heterocycles. The third kappa shape index (κ3) is 4.68. The van der Waals surface area contributed by atoms with Gasteiger partial charge in [-0.15, -0.1) is 0 Å². The summed E-state index contributed by atoms with van der Waals surface area (Å²) in [5.74, 6) is 0.682. The minimum atomic E-state index is 0.682. The molecule has 0 unspecified atom stereocenters. The maximum absolute atomic E-state index is 6.49. The van der Waals surface area contributed by atoms with Crippen LogP contribution in [-0.4, -0.2) is 19.6 Å². The highest BCUT2D eigenvalue weighted by atomic mass is 35.5. The first kappa shape index (κ1) is 15.7. The van der Waals surface area contributed by atoms with Crippen LogP contribution >= 0.6 is 11.6 Å². The third-order valence-electron chi connectivity index (χ3n) is 3.84. The molecule has 1 heterocycles. The molecule has 3 heteroatoms. The van der Waals surface area contributed by atoms with Crippen molar-refractivity contribution in [1.29, 1.82) is 0 Å². The van der Waals surface area contributed by atoms with Crippen LogP contribution in [0.1, 0.15) is 45.1 Å². The minimum absolute atomic E-state index is 0.682. The fourth-order valence-electron chi connectivity index (χ4n) is 2.73. The van der Waals surface area contributed by atoms with E-state index in [-0.39, 0.29) is 0 Å². The summed E-state index contributed by atoms with van der Waals surface area (Å²) in [6.45, 7) is 8.68. The maximum atomic E-state index is 6.49. The average molecular weight is 295 g/mol. The lowest BCUT2D eigenvalue weighted by Crippen LogP contribution is -2.24. The number of nitrogens with one attached hydrogen (secondary N) is 1. The van der Waals surface area contributed by atoms with Gasteiger partial charge >= 0.3 is 0 Å². The normalized spacial score (nSPS) is 16.5. The Balaban J connectivity index is 1.97. The highest BCUT2D eigenvalue weighted by Gasteiger charge is 2.13. The van der Waals surface area contributed by atoms with Crippen molar-refractivity contribution in [2.24, 2.45) is 5.92 Å². The summed E-state index contributed by atoms with van der Waals surface area (Å²) in [5.41, 5.74) is 2.48. The van der Waals surface area contributed by atoms with Crippen molar-refractivity contribution >= 4 is 17.3 Å². The van der Waals surface area contributed by atoms with E-state index in [1.54, 1.807) is 0 Å². The van der Waals surface area contributed by atoms with Gasteiger partial charge in [-0.1, -0.05) is 44.4 Å². The summed E-state index contributed by atoms with van der Waals surface area (Å²) in [6.07, 6.45) is 5.28. The topological polar surface area (TPSA) is 15.3 Å². The Bertz CT molecular complexity index is 409. The van der Waals surface area contributed by atoms with Crippen LogP contribution in [0.15, 0.2) is 18.2 Å². The Morgan fingerprint density at radius 3 is 2.45 bits per heavy atom. The molecule has 20 heavy (non-hydrogen) atoms. The summed E-state index contributed by atoms with van der Waals surface area (Å²) in [6, 6.07) is 6.52. The van der Waals surface area contributed by atoms with E-state index in [0.29, 0.717) is 5.92 Å². The second-order valence-electron chi connectivity index (χ2n) is 6.21. The van der Waals surface area contributed by atoms with Crippen molar-refractivity contribution in [2.75, 3.05) is 24.5 Å². The van der Waals surface area contributed by atoms with Gasteiger partial charge in [-0.2, -0.15) is 0 Å². The van der Waals surface area contributed by atoms with Crippen LogP contribution in [0, 0.1) is 5.92 Å². The Morgan fingerprint density at radius 1 is 1.15 bits per heavy atom. The predicted octanol–water partition coefficient (Wildman–Crippen LogP) is 4.47. The molecule has 112 valence electrons. The molecule has 0 spiro atoms. The number of hydrogen-bond acceptors (Lipinski definition) is 2. The minimum Gasteiger partial charge on any atom is -0.370 e. The van der Waals surface area contributed by atoms with Crippen molar-refractivity contribution in [3.8, 4) is 0 Å². The first-order chi connectivity index (χ1) is 9.66. The second kappa shape index (κ2) is 7.90. The molecule has 1 aromatic rings. The lowest BCUT2D eigenvalue weighted by Gasteiger charge is -2.24. The molecule has 0 atom stereocenters. The van der Waals surface area contributed by atoms with Crippen molar-refractivity contribution in [2.45, 2.75) is 46.1 Å². The van der Waals surface area contributed by atoms with Gasteiger partial charge in [0, 0.05) is 19.6 Å². The summed E-state index contributed by atoms with van der Waals surface area (Å²) in [5, 5.41) is 4.36. The van der Waals surface area contributed by atoms with E-state index in [1.807, 2.05) is 0 Å². The van der Waals surface area contributed by atoms with Crippen LogP contribution in [0.25, 0.3) is 0 Å². The molecule has 2 nitrogen and oxygen atoms in total. The predicted molar refractivity (Wildman–Crippen MR) is 88.7 cm³/mol. The van der Waals surface area contributed by atoms with Crippen molar-refractivity contribution in [3.05, 3.63) is 28.8 Å². The monoisotopic (exact) mass is 294 g/mol. The van der Waals surface area contributed by atoms with Crippen LogP contribution in [0.4, 0.5) is 5.69 Å². The Labute approximate surface area is 128 Å². The number of halogens is 1. The fraction of sp³-hybridized carbons (Fsp3) is 0.647. The standard InChI is InChI=1S/C17H27ClN2/c1-14(2)12-19-13-15-7-8-17(16(18)11-15)20-9-5-3-4-6-10-20/h7-8,11,14,19H,3-6,9-10,12-13H2,1-2H3. The van der Waals surface area contributed by atoms with Crippen LogP contribution < -0.4 is 10.2 Å². The van der Waals surface area contributed by atoms with E-state index >= 15 is 0 Å². The molecule has 1 N–H and O–H groups in total. The van der Waals surface area contributed by atoms with Gasteiger partial charge in [-0.25, -0.2) is 0 Å². The zero-order valence-corrected chi connectivity index (χ0v) is 13.5. The fourth-order valence-corrected chi connectivity index (χ4v) is 3.06. The average Bonchev–Trinajstić information content (AvgIpc) is 2.67. The summed E-state index contributed by atoms with van der Waals surface area (Å²) in [4.78, 5) is 2.45. The zero-order chi connectivity index (χ0) is 14.4. The van der Waals surface area contributed by atoms with E-state index in [1.165, 1.54) is 36.9 Å². The van der Waals surface area contributed by atoms with Gasteiger partial charge in [-0.3, -0.25) is 0 Å². The molecule has 2 rings (SSSR count). The molecule has 0 aliphatic carbocycles. The first-order valence-electron chi connectivity index (χ1n) is 7.91. The van der Waals surface area contributed by atoms with E-state index in [9.17, 15) is 0 Å². The second-order valence-corrected chi connectivity index (χ2v) is 6.62.